The van der Waals surface area contributed by atoms with Crippen LogP contribution in [0.3, 0.4) is 0 Å². The second kappa shape index (κ2) is 11.2. The summed E-state index contributed by atoms with van der Waals surface area (Å²) >= 11 is 5.98. The molecule has 2 rings (SSSR count). The third kappa shape index (κ3) is 7.95. The van der Waals surface area contributed by atoms with Gasteiger partial charge < -0.3 is 20.3 Å². The number of amides is 1. The average molecular weight is 425 g/mol. The first-order chi connectivity index (χ1) is 13.8. The zero-order chi connectivity index (χ0) is 21.2. The molecule has 0 bridgehead atoms. The van der Waals surface area contributed by atoms with Crippen LogP contribution < -0.4 is 15.4 Å². The first kappa shape index (κ1) is 22.4. The van der Waals surface area contributed by atoms with Crippen molar-refractivity contribution in [2.45, 2.75) is 19.7 Å². The summed E-state index contributed by atoms with van der Waals surface area (Å²) in [6.45, 7) is -2.41. The molecule has 0 spiro atoms. The minimum atomic E-state index is -2.95. The molecule has 29 heavy (non-hydrogen) atoms. The highest BCUT2D eigenvalue weighted by molar-refractivity contribution is 6.30. The number of hydrogen-bond acceptors (Lipinski definition) is 3. The van der Waals surface area contributed by atoms with Crippen LogP contribution in [0.1, 0.15) is 11.1 Å². The van der Waals surface area contributed by atoms with Crippen molar-refractivity contribution in [1.29, 1.82) is 0 Å². The van der Waals surface area contributed by atoms with E-state index in [9.17, 15) is 13.6 Å². The molecule has 0 heterocycles. The summed E-state index contributed by atoms with van der Waals surface area (Å²) in [6, 6.07) is 14.0. The Labute approximate surface area is 173 Å². The van der Waals surface area contributed by atoms with Gasteiger partial charge in [0.15, 0.2) is 5.96 Å². The zero-order valence-corrected chi connectivity index (χ0v) is 16.9. The van der Waals surface area contributed by atoms with Crippen molar-refractivity contribution in [3.63, 3.8) is 0 Å². The number of carbonyl (C=O) groups is 1. The fourth-order valence-electron chi connectivity index (χ4n) is 2.32. The van der Waals surface area contributed by atoms with Crippen molar-refractivity contribution in [2.75, 3.05) is 20.6 Å². The van der Waals surface area contributed by atoms with Crippen LogP contribution in [-0.2, 0) is 17.9 Å². The molecule has 6 nitrogen and oxygen atoms in total. The number of ether oxygens (including phenoxy) is 1. The van der Waals surface area contributed by atoms with Crippen molar-refractivity contribution in [3.8, 4) is 5.75 Å². The second-order valence-corrected chi connectivity index (χ2v) is 6.71. The summed E-state index contributed by atoms with van der Waals surface area (Å²) in [5.74, 6) is 0.236. The smallest absolute Gasteiger partial charge is 0.387 e. The van der Waals surface area contributed by atoms with Gasteiger partial charge in [-0.3, -0.25) is 4.79 Å². The van der Waals surface area contributed by atoms with Crippen molar-refractivity contribution in [3.05, 3.63) is 64.7 Å². The highest BCUT2D eigenvalue weighted by Gasteiger charge is 2.12. The molecule has 156 valence electrons. The molecule has 0 aliphatic rings. The Morgan fingerprint density at radius 3 is 2.55 bits per heavy atom. The van der Waals surface area contributed by atoms with Crippen molar-refractivity contribution >= 4 is 23.5 Å². The summed E-state index contributed by atoms with van der Waals surface area (Å²) in [5.41, 5.74) is 1.42. The fraction of sp³-hybridized carbons (Fsp3) is 0.300. The van der Waals surface area contributed by atoms with E-state index in [4.69, 9.17) is 11.6 Å². The standard InChI is InChI=1S/C20H23ClF2N4O2/c1-27(2)18(28)13-26-20(24-11-14-6-4-3-5-7-14)25-12-15-10-16(21)8-9-17(15)29-19(22)23/h3-10,19H,11-13H2,1-2H3,(H2,24,25,26). The molecule has 0 aromatic heterocycles. The lowest BCUT2D eigenvalue weighted by Crippen LogP contribution is -2.42. The Kier molecular flexibility index (Phi) is 8.67. The maximum absolute atomic E-state index is 12.6. The minimum Gasteiger partial charge on any atom is -0.434 e. The van der Waals surface area contributed by atoms with Gasteiger partial charge in [0.25, 0.3) is 0 Å². The van der Waals surface area contributed by atoms with Crippen molar-refractivity contribution < 1.29 is 18.3 Å². The van der Waals surface area contributed by atoms with E-state index in [0.29, 0.717) is 23.1 Å². The van der Waals surface area contributed by atoms with Crippen LogP contribution in [0.4, 0.5) is 8.78 Å². The first-order valence-electron chi connectivity index (χ1n) is 8.84. The molecule has 0 fully saturated rings. The lowest BCUT2D eigenvalue weighted by Gasteiger charge is -2.16. The Morgan fingerprint density at radius 1 is 1.17 bits per heavy atom. The molecule has 0 saturated carbocycles. The van der Waals surface area contributed by atoms with Gasteiger partial charge in [0.2, 0.25) is 5.91 Å². The maximum Gasteiger partial charge on any atom is 0.387 e. The molecule has 0 saturated heterocycles. The minimum absolute atomic E-state index is 0.0173. The molecule has 0 aliphatic heterocycles. The van der Waals surface area contributed by atoms with E-state index in [0.717, 1.165) is 5.56 Å². The molecular weight excluding hydrogens is 402 g/mol. The third-order valence-corrected chi connectivity index (χ3v) is 4.09. The van der Waals surface area contributed by atoms with Gasteiger partial charge in [0.1, 0.15) is 5.75 Å². The predicted octanol–water partition coefficient (Wildman–Crippen LogP) is 3.27. The van der Waals surface area contributed by atoms with Gasteiger partial charge >= 0.3 is 6.61 Å². The Morgan fingerprint density at radius 2 is 1.90 bits per heavy atom. The van der Waals surface area contributed by atoms with Crippen LogP contribution in [0, 0.1) is 0 Å². The molecule has 0 radical (unpaired) electrons. The second-order valence-electron chi connectivity index (χ2n) is 6.28. The summed E-state index contributed by atoms with van der Waals surface area (Å²) in [7, 11) is 3.30. The number of likely N-dealkylation sites (N-methyl/N-ethyl adjacent to an activating group) is 1. The quantitative estimate of drug-likeness (QED) is 0.504. The van der Waals surface area contributed by atoms with E-state index in [-0.39, 0.29) is 24.7 Å². The number of nitrogens with zero attached hydrogens (tertiary/aromatic N) is 2. The molecule has 9 heteroatoms. The first-order valence-corrected chi connectivity index (χ1v) is 9.22. The number of aliphatic imine (C=N–C) groups is 1. The third-order valence-electron chi connectivity index (χ3n) is 3.85. The summed E-state index contributed by atoms with van der Waals surface area (Å²) in [4.78, 5) is 17.8. The number of benzene rings is 2. The van der Waals surface area contributed by atoms with Gasteiger partial charge in [0, 0.05) is 31.2 Å². The van der Waals surface area contributed by atoms with Gasteiger partial charge in [-0.25, -0.2) is 4.99 Å². The highest BCUT2D eigenvalue weighted by Crippen LogP contribution is 2.24. The Hall–Kier alpha value is -2.87. The van der Waals surface area contributed by atoms with Crippen LogP contribution in [0.25, 0.3) is 0 Å². The molecule has 0 aliphatic carbocycles. The van der Waals surface area contributed by atoms with Crippen LogP contribution >= 0.6 is 11.6 Å². The normalized spacial score (nSPS) is 11.3. The van der Waals surface area contributed by atoms with Gasteiger partial charge in [-0.05, 0) is 23.8 Å². The number of hydrogen-bond donors (Lipinski definition) is 2. The molecule has 0 unspecified atom stereocenters. The van der Waals surface area contributed by atoms with E-state index in [1.54, 1.807) is 14.1 Å². The monoisotopic (exact) mass is 424 g/mol. The number of alkyl halides is 2. The van der Waals surface area contributed by atoms with Crippen LogP contribution in [0.5, 0.6) is 5.75 Å². The lowest BCUT2D eigenvalue weighted by molar-refractivity contribution is -0.127. The largest absolute Gasteiger partial charge is 0.434 e. The van der Waals surface area contributed by atoms with E-state index in [1.165, 1.54) is 23.1 Å². The number of guanidine groups is 1. The molecule has 2 N–H and O–H groups in total. The SMILES string of the molecule is CN(C)C(=O)CNC(=NCc1ccccc1)NCc1cc(Cl)ccc1OC(F)F. The van der Waals surface area contributed by atoms with Crippen molar-refractivity contribution in [2.24, 2.45) is 4.99 Å². The topological polar surface area (TPSA) is 66.0 Å². The molecule has 2 aromatic rings. The molecular formula is C20H23ClF2N4O2. The van der Waals surface area contributed by atoms with Crippen molar-refractivity contribution in [1.82, 2.24) is 15.5 Å². The lowest BCUT2D eigenvalue weighted by atomic mass is 10.2. The molecule has 1 amide bonds. The van der Waals surface area contributed by atoms with Crippen LogP contribution in [-0.4, -0.2) is 44.0 Å². The Balaban J connectivity index is 2.12. The Bertz CT molecular complexity index is 832. The van der Waals surface area contributed by atoms with E-state index >= 15 is 0 Å². The number of rotatable bonds is 8. The average Bonchev–Trinajstić information content (AvgIpc) is 2.69. The number of nitrogens with one attached hydrogen (secondary N) is 2. The van der Waals surface area contributed by atoms with Gasteiger partial charge in [-0.2, -0.15) is 8.78 Å². The number of halogens is 3. The maximum atomic E-state index is 12.6. The number of carbonyl (C=O) groups excluding carboxylic acids is 1. The van der Waals surface area contributed by atoms with Gasteiger partial charge in [-0.15, -0.1) is 0 Å². The van der Waals surface area contributed by atoms with E-state index in [1.807, 2.05) is 30.3 Å². The fourth-order valence-corrected chi connectivity index (χ4v) is 2.52. The van der Waals surface area contributed by atoms with Crippen LogP contribution in [0.15, 0.2) is 53.5 Å². The van der Waals surface area contributed by atoms with E-state index < -0.39 is 6.61 Å². The highest BCUT2D eigenvalue weighted by atomic mass is 35.5. The van der Waals surface area contributed by atoms with Crippen LogP contribution in [0.2, 0.25) is 5.02 Å². The summed E-state index contributed by atoms with van der Waals surface area (Å²) in [5, 5.41) is 6.36. The summed E-state index contributed by atoms with van der Waals surface area (Å²) < 4.78 is 29.8. The molecule has 2 aromatic carbocycles. The predicted molar refractivity (Wildman–Crippen MR) is 109 cm³/mol. The van der Waals surface area contributed by atoms with Gasteiger partial charge in [0.05, 0.1) is 13.1 Å². The zero-order valence-electron chi connectivity index (χ0n) is 16.2. The van der Waals surface area contributed by atoms with Gasteiger partial charge in [-0.1, -0.05) is 41.9 Å². The summed E-state index contributed by atoms with van der Waals surface area (Å²) in [6.07, 6.45) is 0. The molecule has 0 atom stereocenters. The van der Waals surface area contributed by atoms with E-state index in [2.05, 4.69) is 20.4 Å².